The van der Waals surface area contributed by atoms with Crippen molar-refractivity contribution in [3.8, 4) is 5.75 Å². The second kappa shape index (κ2) is 7.02. The lowest BCUT2D eigenvalue weighted by atomic mass is 10.3. The minimum atomic E-state index is 0.334. The van der Waals surface area contributed by atoms with Gasteiger partial charge in [-0.25, -0.2) is 4.98 Å². The molecule has 0 saturated carbocycles. The first-order valence-electron chi connectivity index (χ1n) is 6.06. The molecule has 106 valence electrons. The number of benzene rings is 1. The Morgan fingerprint density at radius 2 is 1.85 bits per heavy atom. The molecule has 0 fully saturated rings. The maximum Gasteiger partial charge on any atom is 0.157 e. The number of nitrogens with zero attached hydrogens (tertiary/aromatic N) is 1. The zero-order chi connectivity index (χ0) is 14.5. The number of ether oxygens (including phenoxy) is 1. The molecule has 2 aromatic rings. The number of anilines is 1. The lowest BCUT2D eigenvalue weighted by Crippen LogP contribution is -2.01. The molecular weight excluding hydrogens is 319 g/mol. The van der Waals surface area contributed by atoms with Crippen molar-refractivity contribution in [2.75, 3.05) is 11.9 Å². The molecule has 1 aromatic heterocycles. The van der Waals surface area contributed by atoms with E-state index in [1.165, 1.54) is 0 Å². The van der Waals surface area contributed by atoms with E-state index in [2.05, 4.69) is 10.3 Å². The summed E-state index contributed by atoms with van der Waals surface area (Å²) in [7, 11) is 0. The van der Waals surface area contributed by atoms with Gasteiger partial charge < -0.3 is 10.1 Å². The van der Waals surface area contributed by atoms with Crippen molar-refractivity contribution in [2.45, 2.75) is 13.5 Å². The van der Waals surface area contributed by atoms with E-state index in [0.717, 1.165) is 17.9 Å². The summed E-state index contributed by atoms with van der Waals surface area (Å²) in [6.07, 6.45) is 1.75. The minimum Gasteiger partial charge on any atom is -0.486 e. The van der Waals surface area contributed by atoms with E-state index in [-0.39, 0.29) is 0 Å². The third-order valence-electron chi connectivity index (χ3n) is 2.53. The second-order valence-electron chi connectivity index (χ2n) is 4.07. The van der Waals surface area contributed by atoms with Crippen LogP contribution in [0.2, 0.25) is 15.1 Å². The number of halogens is 3. The summed E-state index contributed by atoms with van der Waals surface area (Å²) >= 11 is 17.9. The monoisotopic (exact) mass is 330 g/mol. The van der Waals surface area contributed by atoms with Gasteiger partial charge in [0.2, 0.25) is 0 Å². The van der Waals surface area contributed by atoms with Crippen LogP contribution < -0.4 is 10.1 Å². The first-order valence-corrected chi connectivity index (χ1v) is 7.19. The molecule has 1 aromatic carbocycles. The van der Waals surface area contributed by atoms with Crippen LogP contribution in [-0.2, 0) is 6.61 Å². The third kappa shape index (κ3) is 3.92. The summed E-state index contributed by atoms with van der Waals surface area (Å²) in [5.41, 5.74) is 0.925. The second-order valence-corrected chi connectivity index (χ2v) is 5.32. The fourth-order valence-corrected chi connectivity index (χ4v) is 2.54. The molecule has 0 bridgehead atoms. The Hall–Kier alpha value is -1.16. The standard InChI is InChI=1S/C14H13Cl3N2O/c1-2-18-13-4-3-9(7-19-13)8-20-14-11(16)5-10(15)6-12(14)17/h3-7H,2,8H2,1H3,(H,18,19). The molecule has 0 aliphatic carbocycles. The fraction of sp³-hybridized carbons (Fsp3) is 0.214. The largest absolute Gasteiger partial charge is 0.486 e. The van der Waals surface area contributed by atoms with E-state index in [0.29, 0.717) is 27.4 Å². The van der Waals surface area contributed by atoms with E-state index < -0.39 is 0 Å². The van der Waals surface area contributed by atoms with E-state index in [4.69, 9.17) is 39.5 Å². The molecule has 0 saturated heterocycles. The maximum absolute atomic E-state index is 6.05. The first-order chi connectivity index (χ1) is 9.60. The highest BCUT2D eigenvalue weighted by Crippen LogP contribution is 2.36. The van der Waals surface area contributed by atoms with Gasteiger partial charge in [-0.05, 0) is 25.1 Å². The molecule has 2 rings (SSSR count). The molecule has 20 heavy (non-hydrogen) atoms. The van der Waals surface area contributed by atoms with Gasteiger partial charge in [0.05, 0.1) is 10.0 Å². The van der Waals surface area contributed by atoms with Crippen molar-refractivity contribution < 1.29 is 4.74 Å². The van der Waals surface area contributed by atoms with Gasteiger partial charge in [0.25, 0.3) is 0 Å². The van der Waals surface area contributed by atoms with Gasteiger partial charge in [0.15, 0.2) is 5.75 Å². The summed E-state index contributed by atoms with van der Waals surface area (Å²) in [5.74, 6) is 1.26. The Bertz CT molecular complexity index is 564. The highest BCUT2D eigenvalue weighted by Gasteiger charge is 2.09. The lowest BCUT2D eigenvalue weighted by Gasteiger charge is -2.10. The number of aromatic nitrogens is 1. The fourth-order valence-electron chi connectivity index (χ4n) is 1.62. The highest BCUT2D eigenvalue weighted by atomic mass is 35.5. The molecule has 1 N–H and O–H groups in total. The Balaban J connectivity index is 2.05. The summed E-state index contributed by atoms with van der Waals surface area (Å²) in [6.45, 7) is 3.18. The number of hydrogen-bond acceptors (Lipinski definition) is 3. The summed E-state index contributed by atoms with van der Waals surface area (Å²) in [6, 6.07) is 7.02. The summed E-state index contributed by atoms with van der Waals surface area (Å²) in [4.78, 5) is 4.26. The van der Waals surface area contributed by atoms with Crippen molar-refractivity contribution in [1.29, 1.82) is 0 Å². The van der Waals surface area contributed by atoms with Crippen molar-refractivity contribution >= 4 is 40.6 Å². The van der Waals surface area contributed by atoms with Crippen LogP contribution in [0.25, 0.3) is 0 Å². The number of pyridine rings is 1. The van der Waals surface area contributed by atoms with Gasteiger partial charge in [0, 0.05) is 23.3 Å². The molecule has 0 spiro atoms. The zero-order valence-electron chi connectivity index (χ0n) is 10.8. The molecule has 0 amide bonds. The number of hydrogen-bond donors (Lipinski definition) is 1. The van der Waals surface area contributed by atoms with Gasteiger partial charge in [-0.1, -0.05) is 40.9 Å². The average Bonchev–Trinajstić information content (AvgIpc) is 2.39. The topological polar surface area (TPSA) is 34.1 Å². The van der Waals surface area contributed by atoms with Crippen molar-refractivity contribution in [3.63, 3.8) is 0 Å². The van der Waals surface area contributed by atoms with E-state index in [9.17, 15) is 0 Å². The molecule has 1 heterocycles. The maximum atomic E-state index is 6.05. The SMILES string of the molecule is CCNc1ccc(COc2c(Cl)cc(Cl)cc2Cl)cn1. The van der Waals surface area contributed by atoms with Crippen molar-refractivity contribution in [1.82, 2.24) is 4.98 Å². The first kappa shape index (κ1) is 15.2. The Kier molecular flexibility index (Phi) is 5.35. The van der Waals surface area contributed by atoms with Crippen molar-refractivity contribution in [3.05, 3.63) is 51.1 Å². The summed E-state index contributed by atoms with van der Waals surface area (Å²) in [5, 5.41) is 4.38. The zero-order valence-corrected chi connectivity index (χ0v) is 13.1. The van der Waals surface area contributed by atoms with E-state index in [1.54, 1.807) is 18.3 Å². The normalized spacial score (nSPS) is 10.4. The van der Waals surface area contributed by atoms with Crippen LogP contribution in [-0.4, -0.2) is 11.5 Å². The molecule has 6 heteroatoms. The van der Waals surface area contributed by atoms with Crippen molar-refractivity contribution in [2.24, 2.45) is 0 Å². The molecular formula is C14H13Cl3N2O. The van der Waals surface area contributed by atoms with Crippen LogP contribution in [0.5, 0.6) is 5.75 Å². The predicted molar refractivity (Wildman–Crippen MR) is 84.2 cm³/mol. The Labute approximate surface area is 132 Å². The van der Waals surface area contributed by atoms with Gasteiger partial charge in [0.1, 0.15) is 12.4 Å². The minimum absolute atomic E-state index is 0.334. The molecule has 3 nitrogen and oxygen atoms in total. The Morgan fingerprint density at radius 3 is 2.40 bits per heavy atom. The van der Waals surface area contributed by atoms with Gasteiger partial charge in [-0.15, -0.1) is 0 Å². The van der Waals surface area contributed by atoms with Crippen LogP contribution in [0.4, 0.5) is 5.82 Å². The highest BCUT2D eigenvalue weighted by molar-refractivity contribution is 6.40. The van der Waals surface area contributed by atoms with Crippen LogP contribution in [0.3, 0.4) is 0 Å². The average molecular weight is 332 g/mol. The quantitative estimate of drug-likeness (QED) is 0.832. The smallest absolute Gasteiger partial charge is 0.157 e. The van der Waals surface area contributed by atoms with Gasteiger partial charge >= 0.3 is 0 Å². The number of nitrogens with one attached hydrogen (secondary N) is 1. The number of rotatable bonds is 5. The predicted octanol–water partition coefficient (Wildman–Crippen LogP) is 5.05. The van der Waals surface area contributed by atoms with Gasteiger partial charge in [-0.3, -0.25) is 0 Å². The van der Waals surface area contributed by atoms with Crippen LogP contribution >= 0.6 is 34.8 Å². The molecule has 0 unspecified atom stereocenters. The lowest BCUT2D eigenvalue weighted by molar-refractivity contribution is 0.306. The van der Waals surface area contributed by atoms with Crippen LogP contribution in [0.1, 0.15) is 12.5 Å². The van der Waals surface area contributed by atoms with Crippen LogP contribution in [0.15, 0.2) is 30.5 Å². The third-order valence-corrected chi connectivity index (χ3v) is 3.31. The van der Waals surface area contributed by atoms with E-state index >= 15 is 0 Å². The van der Waals surface area contributed by atoms with Crippen LogP contribution in [0, 0.1) is 0 Å². The van der Waals surface area contributed by atoms with Gasteiger partial charge in [-0.2, -0.15) is 0 Å². The Morgan fingerprint density at radius 1 is 1.15 bits per heavy atom. The summed E-state index contributed by atoms with van der Waals surface area (Å²) < 4.78 is 5.63. The molecule has 0 atom stereocenters. The molecule has 0 aliphatic rings. The molecule has 0 aliphatic heterocycles. The molecule has 0 radical (unpaired) electrons. The van der Waals surface area contributed by atoms with E-state index in [1.807, 2.05) is 19.1 Å².